The van der Waals surface area contributed by atoms with E-state index in [2.05, 4.69) is 15.2 Å². The van der Waals surface area contributed by atoms with E-state index in [0.29, 0.717) is 51.5 Å². The lowest BCUT2D eigenvalue weighted by molar-refractivity contribution is -0.121. The van der Waals surface area contributed by atoms with Gasteiger partial charge >= 0.3 is 0 Å². The number of piperazine rings is 1. The highest BCUT2D eigenvalue weighted by Crippen LogP contribution is 2.27. The Morgan fingerprint density at radius 1 is 1.10 bits per heavy atom. The molecule has 0 bridgehead atoms. The lowest BCUT2D eigenvalue weighted by atomic mass is 9.86. The van der Waals surface area contributed by atoms with Gasteiger partial charge in [-0.2, -0.15) is 4.31 Å². The number of nitrogens with zero attached hydrogens (tertiary/aromatic N) is 3. The number of carbonyl (C=O) groups excluding carboxylic acids is 1. The molecule has 0 atom stereocenters. The molecule has 2 fully saturated rings. The molecule has 1 saturated carbocycles. The van der Waals surface area contributed by atoms with E-state index in [4.69, 9.17) is 0 Å². The van der Waals surface area contributed by atoms with Crippen molar-refractivity contribution in [1.82, 2.24) is 14.6 Å². The summed E-state index contributed by atoms with van der Waals surface area (Å²) in [5, 5.41) is 2.89. The van der Waals surface area contributed by atoms with Crippen LogP contribution in [0.1, 0.15) is 51.4 Å². The number of rotatable bonds is 9. The summed E-state index contributed by atoms with van der Waals surface area (Å²) in [5.74, 6) is 1.72. The molecule has 7 nitrogen and oxygen atoms in total. The molecular weight excluding hydrogens is 388 g/mol. The molecule has 1 amide bonds. The summed E-state index contributed by atoms with van der Waals surface area (Å²) in [6.07, 6.45) is 10.1. The molecule has 1 aliphatic carbocycles. The van der Waals surface area contributed by atoms with Crippen LogP contribution in [0.2, 0.25) is 0 Å². The molecule has 1 N–H and O–H groups in total. The van der Waals surface area contributed by atoms with Crippen LogP contribution in [0.15, 0.2) is 24.4 Å². The summed E-state index contributed by atoms with van der Waals surface area (Å²) in [4.78, 5) is 18.4. The van der Waals surface area contributed by atoms with Gasteiger partial charge in [-0.25, -0.2) is 13.4 Å². The second kappa shape index (κ2) is 10.9. The number of pyridine rings is 1. The Morgan fingerprint density at radius 3 is 2.55 bits per heavy atom. The smallest absolute Gasteiger partial charge is 0.220 e. The Hall–Kier alpha value is -1.67. The minimum absolute atomic E-state index is 0.0527. The first-order valence-corrected chi connectivity index (χ1v) is 12.6. The Bertz CT molecular complexity index is 728. The van der Waals surface area contributed by atoms with Gasteiger partial charge in [-0.1, -0.05) is 38.2 Å². The highest BCUT2D eigenvalue weighted by atomic mass is 32.2. The fraction of sp³-hybridized carbons (Fsp3) is 0.714. The standard InChI is InChI=1S/C21H34N4O3S/c26-21(11-10-19-7-2-1-3-8-19)23-13-6-18-29(27,28)25-16-14-24(15-17-25)20-9-4-5-12-22-20/h4-5,9,12,19H,1-3,6-8,10-11,13-18H2,(H,23,26). The Labute approximate surface area is 174 Å². The molecule has 1 saturated heterocycles. The number of amides is 1. The van der Waals surface area contributed by atoms with Crippen molar-refractivity contribution in [3.63, 3.8) is 0 Å². The van der Waals surface area contributed by atoms with Crippen LogP contribution in [-0.2, 0) is 14.8 Å². The van der Waals surface area contributed by atoms with Crippen LogP contribution in [0.25, 0.3) is 0 Å². The minimum Gasteiger partial charge on any atom is -0.356 e. The first kappa shape index (κ1) is 22.0. The van der Waals surface area contributed by atoms with Gasteiger partial charge in [-0.05, 0) is 30.9 Å². The maximum Gasteiger partial charge on any atom is 0.220 e. The second-order valence-electron chi connectivity index (χ2n) is 8.14. The third kappa shape index (κ3) is 6.96. The van der Waals surface area contributed by atoms with Gasteiger partial charge in [0, 0.05) is 45.3 Å². The summed E-state index contributed by atoms with van der Waals surface area (Å²) in [7, 11) is -3.28. The maximum absolute atomic E-state index is 12.6. The lowest BCUT2D eigenvalue weighted by Gasteiger charge is -2.34. The maximum atomic E-state index is 12.6. The Kier molecular flexibility index (Phi) is 8.29. The van der Waals surface area contributed by atoms with E-state index in [1.165, 1.54) is 32.1 Å². The number of hydrogen-bond acceptors (Lipinski definition) is 5. The molecule has 2 heterocycles. The number of aromatic nitrogens is 1. The molecule has 1 aromatic rings. The molecule has 1 aromatic heterocycles. The van der Waals surface area contributed by atoms with Crippen LogP contribution in [0.5, 0.6) is 0 Å². The topological polar surface area (TPSA) is 82.6 Å². The van der Waals surface area contributed by atoms with Gasteiger partial charge < -0.3 is 10.2 Å². The third-order valence-electron chi connectivity index (χ3n) is 6.01. The SMILES string of the molecule is O=C(CCC1CCCCC1)NCCCS(=O)(=O)N1CCN(c2ccccn2)CC1. The monoisotopic (exact) mass is 422 g/mol. The summed E-state index contributed by atoms with van der Waals surface area (Å²) in [5.41, 5.74) is 0. The largest absolute Gasteiger partial charge is 0.356 e. The molecule has 0 aromatic carbocycles. The molecule has 3 rings (SSSR count). The first-order valence-electron chi connectivity index (χ1n) is 10.9. The van der Waals surface area contributed by atoms with Gasteiger partial charge in [0.1, 0.15) is 5.82 Å². The first-order chi connectivity index (χ1) is 14.0. The lowest BCUT2D eigenvalue weighted by Crippen LogP contribution is -2.49. The van der Waals surface area contributed by atoms with E-state index in [-0.39, 0.29) is 11.7 Å². The summed E-state index contributed by atoms with van der Waals surface area (Å²) < 4.78 is 26.7. The highest BCUT2D eigenvalue weighted by molar-refractivity contribution is 7.89. The average molecular weight is 423 g/mol. The van der Waals surface area contributed by atoms with Crippen molar-refractivity contribution in [3.05, 3.63) is 24.4 Å². The number of nitrogens with one attached hydrogen (secondary N) is 1. The van der Waals surface area contributed by atoms with E-state index >= 15 is 0 Å². The fourth-order valence-electron chi connectivity index (χ4n) is 4.25. The quantitative estimate of drug-likeness (QED) is 0.618. The number of carbonyl (C=O) groups is 1. The van der Waals surface area contributed by atoms with Crippen molar-refractivity contribution in [2.75, 3.05) is 43.4 Å². The van der Waals surface area contributed by atoms with Crippen LogP contribution in [0, 0.1) is 5.92 Å². The molecule has 0 unspecified atom stereocenters. The Morgan fingerprint density at radius 2 is 1.86 bits per heavy atom. The third-order valence-corrected chi connectivity index (χ3v) is 7.97. The summed E-state index contributed by atoms with van der Waals surface area (Å²) in [6.45, 7) is 2.68. The minimum atomic E-state index is -3.28. The fourth-order valence-corrected chi connectivity index (χ4v) is 5.73. The van der Waals surface area contributed by atoms with E-state index in [1.807, 2.05) is 18.2 Å². The Balaban J connectivity index is 1.31. The van der Waals surface area contributed by atoms with Gasteiger partial charge in [-0.15, -0.1) is 0 Å². The molecule has 0 radical (unpaired) electrons. The average Bonchev–Trinajstić information content (AvgIpc) is 2.77. The van der Waals surface area contributed by atoms with E-state index in [1.54, 1.807) is 10.5 Å². The van der Waals surface area contributed by atoms with Crippen LogP contribution < -0.4 is 10.2 Å². The second-order valence-corrected chi connectivity index (χ2v) is 10.2. The predicted molar refractivity (Wildman–Crippen MR) is 115 cm³/mol. The normalized spacial score (nSPS) is 19.2. The molecule has 162 valence electrons. The van der Waals surface area contributed by atoms with Crippen molar-refractivity contribution in [2.45, 2.75) is 51.4 Å². The van der Waals surface area contributed by atoms with Gasteiger partial charge in [0.25, 0.3) is 0 Å². The number of anilines is 1. The van der Waals surface area contributed by atoms with Gasteiger partial charge in [0.15, 0.2) is 0 Å². The van der Waals surface area contributed by atoms with Gasteiger partial charge in [0.2, 0.25) is 15.9 Å². The highest BCUT2D eigenvalue weighted by Gasteiger charge is 2.27. The summed E-state index contributed by atoms with van der Waals surface area (Å²) in [6, 6.07) is 5.76. The molecule has 8 heteroatoms. The van der Waals surface area contributed by atoms with Gasteiger partial charge in [-0.3, -0.25) is 4.79 Å². The van der Waals surface area contributed by atoms with Crippen molar-refractivity contribution >= 4 is 21.7 Å². The van der Waals surface area contributed by atoms with Crippen molar-refractivity contribution in [2.24, 2.45) is 5.92 Å². The zero-order chi connectivity index (χ0) is 20.5. The number of hydrogen-bond donors (Lipinski definition) is 1. The zero-order valence-electron chi connectivity index (χ0n) is 17.3. The van der Waals surface area contributed by atoms with Crippen LogP contribution in [0.4, 0.5) is 5.82 Å². The molecule has 1 aliphatic heterocycles. The van der Waals surface area contributed by atoms with Crippen LogP contribution >= 0.6 is 0 Å². The predicted octanol–water partition coefficient (Wildman–Crippen LogP) is 2.40. The molecule has 29 heavy (non-hydrogen) atoms. The van der Waals surface area contributed by atoms with Gasteiger partial charge in [0.05, 0.1) is 5.75 Å². The van der Waals surface area contributed by atoms with Crippen molar-refractivity contribution in [3.8, 4) is 0 Å². The zero-order valence-corrected chi connectivity index (χ0v) is 18.1. The molecule has 2 aliphatic rings. The molecule has 0 spiro atoms. The van der Waals surface area contributed by atoms with Crippen LogP contribution in [0.3, 0.4) is 0 Å². The molecular formula is C21H34N4O3S. The summed E-state index contributed by atoms with van der Waals surface area (Å²) >= 11 is 0. The van der Waals surface area contributed by atoms with Crippen LogP contribution in [-0.4, -0.2) is 62.1 Å². The van der Waals surface area contributed by atoms with E-state index in [0.717, 1.165) is 12.2 Å². The van der Waals surface area contributed by atoms with Crippen molar-refractivity contribution < 1.29 is 13.2 Å². The van der Waals surface area contributed by atoms with E-state index < -0.39 is 10.0 Å². The van der Waals surface area contributed by atoms with Crippen molar-refractivity contribution in [1.29, 1.82) is 0 Å². The van der Waals surface area contributed by atoms with E-state index in [9.17, 15) is 13.2 Å². The number of sulfonamides is 1.